The molecule has 0 bridgehead atoms. The molecule has 142 valence electrons. The van der Waals surface area contributed by atoms with E-state index in [1.165, 1.54) is 11.1 Å². The predicted octanol–water partition coefficient (Wildman–Crippen LogP) is 3.61. The first kappa shape index (κ1) is 20.1. The Bertz CT molecular complexity index is 668. The lowest BCUT2D eigenvalue weighted by Gasteiger charge is -2.21. The lowest BCUT2D eigenvalue weighted by atomic mass is 9.86. The van der Waals surface area contributed by atoms with Crippen LogP contribution >= 0.6 is 0 Å². The third-order valence-corrected chi connectivity index (χ3v) is 4.86. The molecule has 0 aliphatic rings. The quantitative estimate of drug-likeness (QED) is 0.660. The third kappa shape index (κ3) is 5.40. The molecular weight excluding hydrogens is 326 g/mol. The maximum absolute atomic E-state index is 5.38. The number of rotatable bonds is 10. The van der Waals surface area contributed by atoms with Crippen LogP contribution in [0.15, 0.2) is 42.5 Å². The molecule has 0 saturated carbocycles. The van der Waals surface area contributed by atoms with Gasteiger partial charge in [-0.15, -0.1) is 0 Å². The number of hydrogen-bond donors (Lipinski definition) is 1. The third-order valence-electron chi connectivity index (χ3n) is 4.86. The topological polar surface area (TPSA) is 44.3 Å². The summed E-state index contributed by atoms with van der Waals surface area (Å²) in [7, 11) is 5.04. The maximum Gasteiger partial charge on any atom is 0.161 e. The Morgan fingerprint density at radius 2 is 1.54 bits per heavy atom. The predicted molar refractivity (Wildman–Crippen MR) is 105 cm³/mol. The first-order valence-corrected chi connectivity index (χ1v) is 9.25. The van der Waals surface area contributed by atoms with Crippen molar-refractivity contribution in [1.29, 1.82) is 0 Å². The van der Waals surface area contributed by atoms with Crippen LogP contribution in [0.5, 0.6) is 17.2 Å². The highest BCUT2D eigenvalue weighted by Gasteiger charge is 2.16. The summed E-state index contributed by atoms with van der Waals surface area (Å²) in [6, 6.07) is 14.6. The Labute approximate surface area is 157 Å². The Hall–Kier alpha value is -2.20. The van der Waals surface area contributed by atoms with Gasteiger partial charge >= 0.3 is 0 Å². The van der Waals surface area contributed by atoms with Crippen LogP contribution in [-0.4, -0.2) is 27.9 Å². The standard InChI is InChI=1S/C22H31NO3/c1-16(2)20(18-7-9-19(24-3)10-8-18)12-13-23-15-17-6-11-21(25-4)22(14-17)26-5/h6-11,14,16,20,23H,12-13,15H2,1-5H3/p+1/t20-/m0/s1. The minimum absolute atomic E-state index is 0.558. The van der Waals surface area contributed by atoms with E-state index in [1.54, 1.807) is 21.3 Å². The monoisotopic (exact) mass is 358 g/mol. The molecule has 4 heteroatoms. The van der Waals surface area contributed by atoms with Crippen LogP contribution in [0.2, 0.25) is 0 Å². The molecule has 0 radical (unpaired) electrons. The highest BCUT2D eigenvalue weighted by molar-refractivity contribution is 5.42. The molecule has 2 aromatic carbocycles. The van der Waals surface area contributed by atoms with Crippen LogP contribution in [-0.2, 0) is 6.54 Å². The molecule has 0 aromatic heterocycles. The fourth-order valence-electron chi connectivity index (χ4n) is 3.31. The second-order valence-corrected chi connectivity index (χ2v) is 6.88. The van der Waals surface area contributed by atoms with E-state index in [2.05, 4.69) is 55.6 Å². The number of benzene rings is 2. The van der Waals surface area contributed by atoms with Crippen LogP contribution in [0.25, 0.3) is 0 Å². The van der Waals surface area contributed by atoms with Gasteiger partial charge in [-0.05, 0) is 47.7 Å². The molecule has 0 heterocycles. The Balaban J connectivity index is 1.89. The molecule has 0 aliphatic carbocycles. The van der Waals surface area contributed by atoms with Crippen LogP contribution in [0.4, 0.5) is 0 Å². The smallest absolute Gasteiger partial charge is 0.161 e. The Kier molecular flexibility index (Phi) is 7.79. The molecule has 0 amide bonds. The summed E-state index contributed by atoms with van der Waals surface area (Å²) in [6.45, 7) is 6.61. The molecule has 0 saturated heterocycles. The maximum atomic E-state index is 5.38. The van der Waals surface area contributed by atoms with Crippen LogP contribution in [0.1, 0.15) is 37.3 Å². The summed E-state index contributed by atoms with van der Waals surface area (Å²) in [4.78, 5) is 0. The molecule has 26 heavy (non-hydrogen) atoms. The average Bonchev–Trinajstić information content (AvgIpc) is 2.67. The van der Waals surface area contributed by atoms with Crippen molar-refractivity contribution < 1.29 is 19.5 Å². The van der Waals surface area contributed by atoms with E-state index < -0.39 is 0 Å². The van der Waals surface area contributed by atoms with E-state index in [0.29, 0.717) is 11.8 Å². The number of methoxy groups -OCH3 is 3. The second-order valence-electron chi connectivity index (χ2n) is 6.88. The molecule has 2 N–H and O–H groups in total. The lowest BCUT2D eigenvalue weighted by molar-refractivity contribution is -0.671. The van der Waals surface area contributed by atoms with Gasteiger partial charge in [0.2, 0.25) is 0 Å². The van der Waals surface area contributed by atoms with Gasteiger partial charge in [0, 0.05) is 12.0 Å². The minimum atomic E-state index is 0.558. The fraction of sp³-hybridized carbons (Fsp3) is 0.455. The highest BCUT2D eigenvalue weighted by atomic mass is 16.5. The van der Waals surface area contributed by atoms with E-state index in [9.17, 15) is 0 Å². The van der Waals surface area contributed by atoms with Crippen LogP contribution in [0, 0.1) is 5.92 Å². The average molecular weight is 359 g/mol. The number of ether oxygens (including phenoxy) is 3. The largest absolute Gasteiger partial charge is 0.497 e. The number of nitrogens with two attached hydrogens (primary N) is 1. The van der Waals surface area contributed by atoms with E-state index in [-0.39, 0.29) is 0 Å². The zero-order chi connectivity index (χ0) is 18.9. The minimum Gasteiger partial charge on any atom is -0.497 e. The van der Waals surface area contributed by atoms with Gasteiger partial charge in [-0.1, -0.05) is 26.0 Å². The molecule has 1 atom stereocenters. The summed E-state index contributed by atoms with van der Waals surface area (Å²) in [5.41, 5.74) is 2.63. The van der Waals surface area contributed by atoms with Crippen molar-refractivity contribution in [3.05, 3.63) is 53.6 Å². The van der Waals surface area contributed by atoms with E-state index in [0.717, 1.165) is 36.8 Å². The SMILES string of the molecule is COc1ccc([C@@H](CC[NH2+]Cc2ccc(OC)c(OC)c2)C(C)C)cc1. The summed E-state index contributed by atoms with van der Waals surface area (Å²) in [5, 5.41) is 2.36. The van der Waals surface area contributed by atoms with Gasteiger partial charge in [0.15, 0.2) is 11.5 Å². The van der Waals surface area contributed by atoms with Gasteiger partial charge in [0.1, 0.15) is 12.3 Å². The molecular formula is C22H32NO3+. The first-order valence-electron chi connectivity index (χ1n) is 9.25. The van der Waals surface area contributed by atoms with Crippen molar-refractivity contribution in [3.63, 3.8) is 0 Å². The molecule has 0 spiro atoms. The van der Waals surface area contributed by atoms with Gasteiger partial charge in [0.05, 0.1) is 27.9 Å². The molecule has 4 nitrogen and oxygen atoms in total. The zero-order valence-corrected chi connectivity index (χ0v) is 16.6. The van der Waals surface area contributed by atoms with Crippen LogP contribution < -0.4 is 19.5 Å². The van der Waals surface area contributed by atoms with Crippen molar-refractivity contribution in [2.45, 2.75) is 32.7 Å². The van der Waals surface area contributed by atoms with Crippen molar-refractivity contribution in [1.82, 2.24) is 0 Å². The van der Waals surface area contributed by atoms with Gasteiger partial charge in [-0.3, -0.25) is 0 Å². The molecule has 0 fully saturated rings. The van der Waals surface area contributed by atoms with Crippen molar-refractivity contribution >= 4 is 0 Å². The fourth-order valence-corrected chi connectivity index (χ4v) is 3.31. The lowest BCUT2D eigenvalue weighted by Crippen LogP contribution is -2.82. The summed E-state index contributed by atoms with van der Waals surface area (Å²) in [5.74, 6) is 3.64. The first-order chi connectivity index (χ1) is 12.6. The Morgan fingerprint density at radius 1 is 0.846 bits per heavy atom. The second kappa shape index (κ2) is 10.1. The van der Waals surface area contributed by atoms with E-state index >= 15 is 0 Å². The van der Waals surface area contributed by atoms with Crippen molar-refractivity contribution in [3.8, 4) is 17.2 Å². The van der Waals surface area contributed by atoms with Gasteiger partial charge < -0.3 is 19.5 Å². The Morgan fingerprint density at radius 3 is 2.12 bits per heavy atom. The van der Waals surface area contributed by atoms with Gasteiger partial charge in [-0.25, -0.2) is 0 Å². The van der Waals surface area contributed by atoms with Crippen molar-refractivity contribution in [2.24, 2.45) is 5.92 Å². The molecule has 0 aliphatic heterocycles. The highest BCUT2D eigenvalue weighted by Crippen LogP contribution is 2.29. The van der Waals surface area contributed by atoms with E-state index in [4.69, 9.17) is 14.2 Å². The van der Waals surface area contributed by atoms with Crippen LogP contribution in [0.3, 0.4) is 0 Å². The van der Waals surface area contributed by atoms with Crippen molar-refractivity contribution in [2.75, 3.05) is 27.9 Å². The number of hydrogen-bond acceptors (Lipinski definition) is 3. The summed E-state index contributed by atoms with van der Waals surface area (Å²) < 4.78 is 15.9. The van der Waals surface area contributed by atoms with Gasteiger partial charge in [0.25, 0.3) is 0 Å². The van der Waals surface area contributed by atoms with E-state index in [1.807, 2.05) is 6.07 Å². The molecule has 2 rings (SSSR count). The normalized spacial score (nSPS) is 12.1. The summed E-state index contributed by atoms with van der Waals surface area (Å²) in [6.07, 6.45) is 1.15. The molecule has 2 aromatic rings. The molecule has 0 unspecified atom stereocenters. The van der Waals surface area contributed by atoms with Gasteiger partial charge in [-0.2, -0.15) is 0 Å². The zero-order valence-electron chi connectivity index (χ0n) is 16.6. The summed E-state index contributed by atoms with van der Waals surface area (Å²) >= 11 is 0. The number of quaternary nitrogens is 1.